The third-order valence-electron chi connectivity index (χ3n) is 6.53. The molecule has 0 atom stereocenters. The number of carbonyl (C=O) groups excluding carboxylic acids is 2. The van der Waals surface area contributed by atoms with Crippen LogP contribution in [0.1, 0.15) is 23.6 Å². The summed E-state index contributed by atoms with van der Waals surface area (Å²) in [6.45, 7) is 4.03. The Kier molecular flexibility index (Phi) is 8.81. The number of nitrogens with zero attached hydrogens (tertiary/aromatic N) is 5. The maximum absolute atomic E-state index is 12.7. The van der Waals surface area contributed by atoms with Gasteiger partial charge in [0.15, 0.2) is 11.0 Å². The lowest BCUT2D eigenvalue weighted by Gasteiger charge is -2.21. The lowest BCUT2D eigenvalue weighted by atomic mass is 10.0. The largest absolute Gasteiger partial charge is 0.573 e. The smallest absolute Gasteiger partial charge is 0.448 e. The Morgan fingerprint density at radius 2 is 1.81 bits per heavy atom. The van der Waals surface area contributed by atoms with E-state index in [0.717, 1.165) is 34.4 Å². The molecule has 3 aromatic carbocycles. The molecule has 1 aromatic heterocycles. The van der Waals surface area contributed by atoms with Crippen molar-refractivity contribution in [3.63, 3.8) is 0 Å². The molecular weight excluding hydrogens is 583 g/mol. The summed E-state index contributed by atoms with van der Waals surface area (Å²) < 4.78 is 47.8. The molecule has 0 aliphatic carbocycles. The molecule has 0 radical (unpaired) electrons. The van der Waals surface area contributed by atoms with Gasteiger partial charge in [-0.05, 0) is 54.3 Å². The van der Waals surface area contributed by atoms with Crippen LogP contribution in [0.15, 0.2) is 78.0 Å². The minimum atomic E-state index is -4.76. The molecule has 2 amide bonds. The molecule has 222 valence electrons. The van der Waals surface area contributed by atoms with E-state index in [1.165, 1.54) is 51.9 Å². The van der Waals surface area contributed by atoms with Crippen LogP contribution in [0.25, 0.3) is 17.1 Å². The van der Waals surface area contributed by atoms with Gasteiger partial charge < -0.3 is 9.47 Å². The maximum Gasteiger partial charge on any atom is 0.573 e. The minimum Gasteiger partial charge on any atom is -0.448 e. The number of amides is 2. The van der Waals surface area contributed by atoms with Gasteiger partial charge in [0.1, 0.15) is 12.1 Å². The van der Waals surface area contributed by atoms with Gasteiger partial charge in [0.05, 0.1) is 23.7 Å². The van der Waals surface area contributed by atoms with E-state index in [4.69, 9.17) is 4.74 Å². The van der Waals surface area contributed by atoms with Crippen molar-refractivity contribution in [1.82, 2.24) is 14.8 Å². The average molecular weight is 610 g/mol. The van der Waals surface area contributed by atoms with Crippen LogP contribution in [0.2, 0.25) is 0 Å². The highest BCUT2D eigenvalue weighted by Gasteiger charge is 2.33. The summed E-state index contributed by atoms with van der Waals surface area (Å²) in [4.78, 5) is 35.1. The van der Waals surface area contributed by atoms with Gasteiger partial charge in [0, 0.05) is 12.0 Å². The molecule has 0 saturated carbocycles. The van der Waals surface area contributed by atoms with Crippen molar-refractivity contribution in [2.75, 3.05) is 17.3 Å². The van der Waals surface area contributed by atoms with Gasteiger partial charge in [-0.2, -0.15) is 4.99 Å². The molecular formula is C30H26F3N5O4S. The van der Waals surface area contributed by atoms with E-state index in [2.05, 4.69) is 19.8 Å². The Hall–Kier alpha value is -4.65. The molecule has 0 unspecified atom stereocenters. The van der Waals surface area contributed by atoms with E-state index in [0.29, 0.717) is 23.1 Å². The van der Waals surface area contributed by atoms with E-state index in [1.807, 2.05) is 56.3 Å². The van der Waals surface area contributed by atoms with Crippen LogP contribution in [-0.4, -0.2) is 50.7 Å². The summed E-state index contributed by atoms with van der Waals surface area (Å²) >= 11 is 1.21. The normalized spacial score (nSPS) is 14.4. The number of carbonyl (C=O) groups is 2. The first kappa shape index (κ1) is 29.8. The third-order valence-corrected chi connectivity index (χ3v) is 7.46. The molecule has 0 spiro atoms. The number of thioether (sulfide) groups is 1. The van der Waals surface area contributed by atoms with E-state index in [1.54, 1.807) is 0 Å². The number of aryl methyl sites for hydroxylation is 2. The minimum absolute atomic E-state index is 0.0963. The molecule has 9 nitrogen and oxygen atoms in total. The zero-order valence-corrected chi connectivity index (χ0v) is 24.0. The summed E-state index contributed by atoms with van der Waals surface area (Å²) in [5, 5.41) is 4.70. The van der Waals surface area contributed by atoms with Gasteiger partial charge in [0.2, 0.25) is 5.91 Å². The second kappa shape index (κ2) is 12.7. The number of hydrogen-bond donors (Lipinski definition) is 0. The lowest BCUT2D eigenvalue weighted by molar-refractivity contribution is -0.274. The van der Waals surface area contributed by atoms with Gasteiger partial charge in [-0.3, -0.25) is 9.69 Å². The molecule has 4 aromatic rings. The van der Waals surface area contributed by atoms with Crippen LogP contribution in [0.3, 0.4) is 0 Å². The fraction of sp³-hybridized carbons (Fsp3) is 0.233. The standard InChI is InChI=1S/C30H26F3N5O4S/c1-3-21-6-4-5-19(2)26(21)38-25(39)17-43-28(38)35-29(40)41-16-15-20-7-9-22(10-8-20)27-34-18-37(36-27)23-11-13-24(14-12-23)42-30(31,32)33/h4-14,18H,3,15-17H2,1-2H3/b35-28-. The zero-order valence-electron chi connectivity index (χ0n) is 23.2. The van der Waals surface area contributed by atoms with E-state index in [-0.39, 0.29) is 24.0 Å². The molecule has 1 saturated heterocycles. The average Bonchev–Trinajstić information content (AvgIpc) is 3.60. The summed E-state index contributed by atoms with van der Waals surface area (Å²) in [6, 6.07) is 18.5. The monoisotopic (exact) mass is 609 g/mol. The second-order valence-corrected chi connectivity index (χ2v) is 10.4. The van der Waals surface area contributed by atoms with Gasteiger partial charge in [-0.15, -0.1) is 18.3 Å². The molecule has 43 heavy (non-hydrogen) atoms. The Morgan fingerprint density at radius 3 is 2.51 bits per heavy atom. The number of aliphatic imine (C=N–C) groups is 1. The molecule has 2 heterocycles. The van der Waals surface area contributed by atoms with Gasteiger partial charge >= 0.3 is 12.5 Å². The van der Waals surface area contributed by atoms with Crippen molar-refractivity contribution >= 4 is 34.6 Å². The highest BCUT2D eigenvalue weighted by Crippen LogP contribution is 2.33. The summed E-state index contributed by atoms with van der Waals surface area (Å²) in [5.41, 5.74) is 4.84. The summed E-state index contributed by atoms with van der Waals surface area (Å²) in [7, 11) is 0. The highest BCUT2D eigenvalue weighted by atomic mass is 32.2. The Morgan fingerprint density at radius 1 is 1.07 bits per heavy atom. The molecule has 0 bridgehead atoms. The number of ether oxygens (including phenoxy) is 2. The Balaban J connectivity index is 1.17. The molecule has 5 rings (SSSR count). The summed E-state index contributed by atoms with van der Waals surface area (Å²) in [5.74, 6) is 0.171. The van der Waals surface area contributed by atoms with Crippen molar-refractivity contribution in [1.29, 1.82) is 0 Å². The number of benzene rings is 3. The number of amidine groups is 1. The van der Waals surface area contributed by atoms with Gasteiger partial charge in [-0.25, -0.2) is 14.5 Å². The number of hydrogen-bond acceptors (Lipinski definition) is 7. The first-order valence-corrected chi connectivity index (χ1v) is 14.3. The number of rotatable bonds is 8. The maximum atomic E-state index is 12.7. The fourth-order valence-electron chi connectivity index (χ4n) is 4.50. The molecule has 1 aliphatic rings. The molecule has 0 N–H and O–H groups in total. The Labute approximate surface area is 249 Å². The molecule has 13 heteroatoms. The first-order chi connectivity index (χ1) is 20.6. The quantitative estimate of drug-likeness (QED) is 0.224. The zero-order chi connectivity index (χ0) is 30.6. The molecule has 1 aliphatic heterocycles. The van der Waals surface area contributed by atoms with Crippen molar-refractivity contribution in [3.8, 4) is 22.8 Å². The number of aromatic nitrogens is 3. The van der Waals surface area contributed by atoms with Crippen LogP contribution in [-0.2, 0) is 22.4 Å². The lowest BCUT2D eigenvalue weighted by Crippen LogP contribution is -2.31. The van der Waals surface area contributed by atoms with Gasteiger partial charge in [-0.1, -0.05) is 61.2 Å². The predicted octanol–water partition coefficient (Wildman–Crippen LogP) is 6.52. The van der Waals surface area contributed by atoms with E-state index >= 15 is 0 Å². The number of alkyl halides is 3. The number of halogens is 3. The van der Waals surface area contributed by atoms with Crippen molar-refractivity contribution in [3.05, 3.63) is 89.7 Å². The van der Waals surface area contributed by atoms with Crippen LogP contribution < -0.4 is 9.64 Å². The van der Waals surface area contributed by atoms with Crippen LogP contribution in [0, 0.1) is 6.92 Å². The van der Waals surface area contributed by atoms with Crippen LogP contribution in [0.4, 0.5) is 23.7 Å². The second-order valence-electron chi connectivity index (χ2n) is 9.46. The highest BCUT2D eigenvalue weighted by molar-refractivity contribution is 8.15. The van der Waals surface area contributed by atoms with Crippen molar-refractivity contribution in [2.45, 2.75) is 33.1 Å². The topological polar surface area (TPSA) is 98.9 Å². The summed E-state index contributed by atoms with van der Waals surface area (Å²) in [6.07, 6.45) is -2.89. The number of para-hydroxylation sites is 1. The number of anilines is 1. The van der Waals surface area contributed by atoms with Crippen molar-refractivity contribution in [2.24, 2.45) is 4.99 Å². The van der Waals surface area contributed by atoms with E-state index in [9.17, 15) is 22.8 Å². The molecule has 1 fully saturated rings. The predicted molar refractivity (Wildman–Crippen MR) is 156 cm³/mol. The van der Waals surface area contributed by atoms with Crippen molar-refractivity contribution < 1.29 is 32.2 Å². The van der Waals surface area contributed by atoms with Crippen LogP contribution in [0.5, 0.6) is 5.75 Å². The van der Waals surface area contributed by atoms with Gasteiger partial charge in [0.25, 0.3) is 0 Å². The SMILES string of the molecule is CCc1cccc(C)c1N1C(=O)CS/C1=N\C(=O)OCCc1ccc(-c2ncn(-c3ccc(OC(F)(F)F)cc3)n2)cc1. The fourth-order valence-corrected chi connectivity index (χ4v) is 5.34. The Bertz CT molecular complexity index is 1650. The first-order valence-electron chi connectivity index (χ1n) is 13.3. The third kappa shape index (κ3) is 7.23. The van der Waals surface area contributed by atoms with Crippen LogP contribution >= 0.6 is 11.8 Å². The van der Waals surface area contributed by atoms with E-state index < -0.39 is 12.5 Å².